The Bertz CT molecular complexity index is 1750. The van der Waals surface area contributed by atoms with E-state index < -0.39 is 44.8 Å². The summed E-state index contributed by atoms with van der Waals surface area (Å²) in [6.07, 6.45) is 1.04. The molecule has 1 saturated heterocycles. The molecular formula is C27H23Cl2N5O6S. The lowest BCUT2D eigenvalue weighted by Gasteiger charge is -2.34. The summed E-state index contributed by atoms with van der Waals surface area (Å²) in [6.45, 7) is 0.345. The highest BCUT2D eigenvalue weighted by Crippen LogP contribution is 2.36. The Morgan fingerprint density at radius 1 is 1.07 bits per heavy atom. The topological polar surface area (TPSA) is 154 Å². The number of aromatic nitrogens is 2. The fraction of sp³-hybridized carbons (Fsp3) is 0.296. The van der Waals surface area contributed by atoms with E-state index in [9.17, 15) is 27.9 Å². The van der Waals surface area contributed by atoms with Crippen molar-refractivity contribution < 1.29 is 23.1 Å². The molecule has 14 heteroatoms. The highest BCUT2D eigenvalue weighted by atomic mass is 35.5. The van der Waals surface area contributed by atoms with E-state index in [2.05, 4.69) is 4.98 Å². The van der Waals surface area contributed by atoms with Crippen LogP contribution in [0.4, 0.5) is 0 Å². The van der Waals surface area contributed by atoms with Crippen LogP contribution in [0.5, 0.6) is 5.75 Å². The predicted octanol–water partition coefficient (Wildman–Crippen LogP) is 3.03. The third-order valence-electron chi connectivity index (χ3n) is 7.23. The number of carbonyl (C=O) groups is 2. The van der Waals surface area contributed by atoms with E-state index in [1.54, 1.807) is 18.2 Å². The molecule has 2 aromatic carbocycles. The van der Waals surface area contributed by atoms with E-state index in [0.717, 1.165) is 0 Å². The van der Waals surface area contributed by atoms with Crippen molar-refractivity contribution in [2.45, 2.75) is 30.3 Å². The molecule has 212 valence electrons. The standard InChI is InChI=1S/C27H23Cl2N5O6S/c28-18-3-1-4-19(29)21(18)26(37)33-10-2-5-20(33)24-31-25(36)23(35)22-27(38)32(11-12-34(22)24)13-14-41(39,40)17-8-6-16(15-30)7-9-17/h1,3-4,6-9,20,35H,2,5,10-14H2/t20-/m0/s1. The number of nitriles is 1. The first-order chi connectivity index (χ1) is 19.5. The van der Waals surface area contributed by atoms with Gasteiger partial charge in [-0.3, -0.25) is 14.4 Å². The zero-order valence-electron chi connectivity index (χ0n) is 21.5. The molecule has 0 radical (unpaired) electrons. The highest BCUT2D eigenvalue weighted by Gasteiger charge is 2.39. The molecule has 1 aromatic heterocycles. The van der Waals surface area contributed by atoms with E-state index in [1.165, 1.54) is 38.6 Å². The number of sulfone groups is 1. The fourth-order valence-electron chi connectivity index (χ4n) is 5.15. The average molecular weight is 616 g/mol. The SMILES string of the molecule is N#Cc1ccc(S(=O)(=O)CCN2CCn3c([C@@H]4CCCN4C(=O)c4c(Cl)cccc4Cl)nc(=O)c(O)c3C2=O)cc1. The van der Waals surface area contributed by atoms with Gasteiger partial charge in [0.15, 0.2) is 15.5 Å². The number of amides is 2. The molecule has 3 heterocycles. The zero-order chi connectivity index (χ0) is 29.5. The van der Waals surface area contributed by atoms with Gasteiger partial charge in [0.1, 0.15) is 5.82 Å². The molecule has 0 aliphatic carbocycles. The van der Waals surface area contributed by atoms with Crippen LogP contribution in [-0.4, -0.2) is 70.1 Å². The van der Waals surface area contributed by atoms with Gasteiger partial charge in [0.25, 0.3) is 11.8 Å². The molecule has 0 bridgehead atoms. The van der Waals surface area contributed by atoms with Crippen molar-refractivity contribution in [3.8, 4) is 11.8 Å². The molecule has 11 nitrogen and oxygen atoms in total. The summed E-state index contributed by atoms with van der Waals surface area (Å²) in [5.74, 6) is -2.28. The van der Waals surface area contributed by atoms with Crippen molar-refractivity contribution in [1.82, 2.24) is 19.4 Å². The first-order valence-corrected chi connectivity index (χ1v) is 15.0. The van der Waals surface area contributed by atoms with Gasteiger partial charge in [-0.05, 0) is 49.2 Å². The zero-order valence-corrected chi connectivity index (χ0v) is 23.8. The van der Waals surface area contributed by atoms with Crippen LogP contribution in [0.15, 0.2) is 52.2 Å². The Kier molecular flexibility index (Phi) is 7.78. The quantitative estimate of drug-likeness (QED) is 0.444. The number of rotatable bonds is 6. The van der Waals surface area contributed by atoms with Crippen LogP contribution >= 0.6 is 23.2 Å². The normalized spacial score (nSPS) is 16.9. The number of carbonyl (C=O) groups excluding carboxylic acids is 2. The number of hydrogen-bond donors (Lipinski definition) is 1. The van der Waals surface area contributed by atoms with Crippen molar-refractivity contribution >= 4 is 44.9 Å². The summed E-state index contributed by atoms with van der Waals surface area (Å²) in [5.41, 5.74) is -0.901. The van der Waals surface area contributed by atoms with Crippen LogP contribution in [0.3, 0.4) is 0 Å². The lowest BCUT2D eigenvalue weighted by molar-refractivity contribution is 0.0689. The molecular weight excluding hydrogens is 593 g/mol. The van der Waals surface area contributed by atoms with Crippen molar-refractivity contribution in [1.29, 1.82) is 5.26 Å². The van der Waals surface area contributed by atoms with Gasteiger partial charge in [-0.1, -0.05) is 29.3 Å². The molecule has 3 aromatic rings. The Morgan fingerprint density at radius 2 is 1.76 bits per heavy atom. The summed E-state index contributed by atoms with van der Waals surface area (Å²) in [4.78, 5) is 46.5. The van der Waals surface area contributed by atoms with Gasteiger partial charge in [-0.2, -0.15) is 10.2 Å². The van der Waals surface area contributed by atoms with Crippen LogP contribution in [0, 0.1) is 11.3 Å². The number of aromatic hydroxyl groups is 1. The average Bonchev–Trinajstić information content (AvgIpc) is 3.44. The number of benzene rings is 2. The Balaban J connectivity index is 1.42. The van der Waals surface area contributed by atoms with Crippen LogP contribution in [0.25, 0.3) is 0 Å². The second kappa shape index (κ2) is 11.2. The maximum atomic E-state index is 13.5. The Morgan fingerprint density at radius 3 is 2.41 bits per heavy atom. The summed E-state index contributed by atoms with van der Waals surface area (Å²) in [6, 6.07) is 11.4. The van der Waals surface area contributed by atoms with Crippen molar-refractivity contribution in [3.63, 3.8) is 0 Å². The first kappa shape index (κ1) is 28.6. The van der Waals surface area contributed by atoms with Crippen LogP contribution < -0.4 is 5.56 Å². The van der Waals surface area contributed by atoms with Crippen molar-refractivity contribution in [2.24, 2.45) is 0 Å². The Hall–Kier alpha value is -3.92. The molecule has 2 aliphatic heterocycles. The van der Waals surface area contributed by atoms with Crippen LogP contribution in [0.1, 0.15) is 51.1 Å². The molecule has 1 atom stereocenters. The predicted molar refractivity (Wildman–Crippen MR) is 149 cm³/mol. The van der Waals surface area contributed by atoms with Crippen molar-refractivity contribution in [3.05, 3.63) is 85.5 Å². The molecule has 1 fully saturated rings. The molecule has 5 rings (SSSR count). The van der Waals surface area contributed by atoms with Gasteiger partial charge < -0.3 is 19.5 Å². The van der Waals surface area contributed by atoms with E-state index in [-0.39, 0.29) is 51.7 Å². The molecule has 0 unspecified atom stereocenters. The van der Waals surface area contributed by atoms with Gasteiger partial charge in [0.05, 0.1) is 43.9 Å². The van der Waals surface area contributed by atoms with Gasteiger partial charge >= 0.3 is 5.56 Å². The minimum absolute atomic E-state index is 0.0107. The van der Waals surface area contributed by atoms with Gasteiger partial charge in [-0.15, -0.1) is 0 Å². The first-order valence-electron chi connectivity index (χ1n) is 12.6. The van der Waals surface area contributed by atoms with Gasteiger partial charge in [0.2, 0.25) is 5.75 Å². The molecule has 1 N–H and O–H groups in total. The summed E-state index contributed by atoms with van der Waals surface area (Å²) < 4.78 is 27.1. The monoisotopic (exact) mass is 615 g/mol. The van der Waals surface area contributed by atoms with Gasteiger partial charge in [-0.25, -0.2) is 8.42 Å². The van der Waals surface area contributed by atoms with Crippen molar-refractivity contribution in [2.75, 3.05) is 25.4 Å². The third-order valence-corrected chi connectivity index (χ3v) is 9.57. The number of nitrogens with zero attached hydrogens (tertiary/aromatic N) is 5. The molecule has 0 spiro atoms. The number of fused-ring (bicyclic) bond motifs is 1. The lowest BCUT2D eigenvalue weighted by Crippen LogP contribution is -2.46. The summed E-state index contributed by atoms with van der Waals surface area (Å²) >= 11 is 12.5. The largest absolute Gasteiger partial charge is 0.501 e. The molecule has 2 amide bonds. The van der Waals surface area contributed by atoms with Crippen LogP contribution in [0.2, 0.25) is 10.0 Å². The number of hydrogen-bond acceptors (Lipinski definition) is 8. The second-order valence-electron chi connectivity index (χ2n) is 9.62. The fourth-order valence-corrected chi connectivity index (χ4v) is 6.96. The number of likely N-dealkylation sites (tertiary alicyclic amines) is 1. The van der Waals surface area contributed by atoms with E-state index in [4.69, 9.17) is 28.5 Å². The second-order valence-corrected chi connectivity index (χ2v) is 12.5. The van der Waals surface area contributed by atoms with E-state index in [0.29, 0.717) is 24.9 Å². The minimum atomic E-state index is -3.79. The highest BCUT2D eigenvalue weighted by molar-refractivity contribution is 7.91. The summed E-state index contributed by atoms with van der Waals surface area (Å²) in [5, 5.41) is 19.9. The van der Waals surface area contributed by atoms with E-state index in [1.807, 2.05) is 6.07 Å². The maximum Gasteiger partial charge on any atom is 0.315 e. The summed E-state index contributed by atoms with van der Waals surface area (Å²) in [7, 11) is -3.79. The maximum absolute atomic E-state index is 13.5. The van der Waals surface area contributed by atoms with Gasteiger partial charge in [0, 0.05) is 26.2 Å². The lowest BCUT2D eigenvalue weighted by atomic mass is 10.1. The number of halogens is 2. The third kappa shape index (κ3) is 5.28. The van der Waals surface area contributed by atoms with E-state index >= 15 is 0 Å². The Labute approximate surface area is 245 Å². The molecule has 41 heavy (non-hydrogen) atoms. The molecule has 0 saturated carbocycles. The minimum Gasteiger partial charge on any atom is -0.501 e. The smallest absolute Gasteiger partial charge is 0.315 e. The van der Waals surface area contributed by atoms with Crippen LogP contribution in [-0.2, 0) is 16.4 Å². The molecule has 2 aliphatic rings.